The molecule has 3 heteroatoms. The summed E-state index contributed by atoms with van der Waals surface area (Å²) in [6, 6.07) is 0.833. The lowest BCUT2D eigenvalue weighted by atomic mass is 9.81. The van der Waals surface area contributed by atoms with Crippen molar-refractivity contribution in [3.63, 3.8) is 0 Å². The highest BCUT2D eigenvalue weighted by Crippen LogP contribution is 2.39. The highest BCUT2D eigenvalue weighted by atomic mass is 16.5. The van der Waals surface area contributed by atoms with Crippen LogP contribution in [0, 0.1) is 5.41 Å². The van der Waals surface area contributed by atoms with Crippen LogP contribution in [0.2, 0.25) is 0 Å². The largest absolute Gasteiger partial charge is 0.381 e. The topological polar surface area (TPSA) is 24.5 Å². The van der Waals surface area contributed by atoms with Gasteiger partial charge in [-0.25, -0.2) is 0 Å². The van der Waals surface area contributed by atoms with Crippen molar-refractivity contribution in [2.24, 2.45) is 5.41 Å². The number of methoxy groups -OCH3 is 1. The van der Waals surface area contributed by atoms with Crippen molar-refractivity contribution in [1.82, 2.24) is 10.2 Å². The van der Waals surface area contributed by atoms with Crippen LogP contribution in [0.5, 0.6) is 0 Å². The molecule has 0 aromatic carbocycles. The van der Waals surface area contributed by atoms with Gasteiger partial charge in [-0.05, 0) is 25.8 Å². The lowest BCUT2D eigenvalue weighted by Gasteiger charge is -2.43. The summed E-state index contributed by atoms with van der Waals surface area (Å²) in [7, 11) is 1.84. The fraction of sp³-hybridized carbons (Fsp3) is 1.00. The normalized spacial score (nSPS) is 40.9. The van der Waals surface area contributed by atoms with Gasteiger partial charge in [0.25, 0.3) is 0 Å². The second kappa shape index (κ2) is 3.19. The molecule has 0 aromatic rings. The van der Waals surface area contributed by atoms with E-state index in [0.717, 1.165) is 6.04 Å². The second-order valence-electron chi connectivity index (χ2n) is 5.31. The van der Waals surface area contributed by atoms with Crippen LogP contribution in [-0.4, -0.2) is 50.3 Å². The molecular formula is C11H20N2O. The average molecular weight is 196 g/mol. The Kier molecular flexibility index (Phi) is 2.08. The molecule has 2 heterocycles. The van der Waals surface area contributed by atoms with E-state index in [1.807, 2.05) is 7.11 Å². The van der Waals surface area contributed by atoms with Gasteiger partial charge >= 0.3 is 0 Å². The molecule has 0 atom stereocenters. The third kappa shape index (κ3) is 1.30. The van der Waals surface area contributed by atoms with Gasteiger partial charge in [0.05, 0.1) is 6.10 Å². The number of rotatable bonds is 2. The van der Waals surface area contributed by atoms with Gasteiger partial charge in [-0.15, -0.1) is 0 Å². The Morgan fingerprint density at radius 1 is 1.36 bits per heavy atom. The lowest BCUT2D eigenvalue weighted by molar-refractivity contribution is -0.0248. The van der Waals surface area contributed by atoms with Gasteiger partial charge < -0.3 is 10.1 Å². The maximum atomic E-state index is 5.33. The molecule has 2 aliphatic heterocycles. The Hall–Kier alpha value is -0.120. The van der Waals surface area contributed by atoms with Crippen LogP contribution < -0.4 is 5.32 Å². The summed E-state index contributed by atoms with van der Waals surface area (Å²) < 4.78 is 5.33. The SMILES string of the molecule is COC1CC(N2CCC3(CNC3)C2)C1. The summed E-state index contributed by atoms with van der Waals surface area (Å²) in [4.78, 5) is 2.69. The molecule has 14 heavy (non-hydrogen) atoms. The van der Waals surface area contributed by atoms with Gasteiger partial charge in [-0.2, -0.15) is 0 Å². The molecule has 1 N–H and O–H groups in total. The van der Waals surface area contributed by atoms with E-state index >= 15 is 0 Å². The Bertz CT molecular complexity index is 221. The molecule has 0 amide bonds. The number of hydrogen-bond acceptors (Lipinski definition) is 3. The van der Waals surface area contributed by atoms with Gasteiger partial charge in [0.15, 0.2) is 0 Å². The molecule has 80 valence electrons. The van der Waals surface area contributed by atoms with E-state index in [9.17, 15) is 0 Å². The van der Waals surface area contributed by atoms with Crippen LogP contribution in [0.1, 0.15) is 19.3 Å². The molecule has 0 unspecified atom stereocenters. The highest BCUT2D eigenvalue weighted by molar-refractivity contribution is 5.02. The van der Waals surface area contributed by atoms with Gasteiger partial charge in [0.1, 0.15) is 0 Å². The van der Waals surface area contributed by atoms with Gasteiger partial charge in [0, 0.05) is 38.2 Å². The van der Waals surface area contributed by atoms with Crippen molar-refractivity contribution in [2.75, 3.05) is 33.3 Å². The fourth-order valence-electron chi connectivity index (χ4n) is 3.08. The zero-order chi connectivity index (χ0) is 9.60. The number of hydrogen-bond donors (Lipinski definition) is 1. The Balaban J connectivity index is 1.52. The molecule has 3 fully saturated rings. The predicted octanol–water partition coefficient (Wildman–Crippen LogP) is 0.459. The van der Waals surface area contributed by atoms with Gasteiger partial charge in [0.2, 0.25) is 0 Å². The van der Waals surface area contributed by atoms with E-state index in [4.69, 9.17) is 4.74 Å². The number of likely N-dealkylation sites (tertiary alicyclic amines) is 1. The summed E-state index contributed by atoms with van der Waals surface area (Å²) in [5.74, 6) is 0. The van der Waals surface area contributed by atoms with Gasteiger partial charge in [-0.1, -0.05) is 0 Å². The standard InChI is InChI=1S/C11H20N2O/c1-14-10-4-9(5-10)13-3-2-11(8-13)6-12-7-11/h9-10,12H,2-8H2,1H3. The van der Waals surface area contributed by atoms with Crippen molar-refractivity contribution in [1.29, 1.82) is 0 Å². The molecule has 1 saturated carbocycles. The van der Waals surface area contributed by atoms with Crippen LogP contribution in [0.3, 0.4) is 0 Å². The first-order valence-electron chi connectivity index (χ1n) is 5.79. The number of nitrogens with one attached hydrogen (secondary N) is 1. The smallest absolute Gasteiger partial charge is 0.0601 e. The summed E-state index contributed by atoms with van der Waals surface area (Å²) in [6.07, 6.45) is 4.49. The maximum Gasteiger partial charge on any atom is 0.0601 e. The summed E-state index contributed by atoms with van der Waals surface area (Å²) in [6.45, 7) is 5.16. The monoisotopic (exact) mass is 196 g/mol. The maximum absolute atomic E-state index is 5.33. The first kappa shape index (κ1) is 9.13. The molecule has 3 aliphatic rings. The summed E-state index contributed by atoms with van der Waals surface area (Å²) >= 11 is 0. The summed E-state index contributed by atoms with van der Waals surface area (Å²) in [5.41, 5.74) is 0.665. The van der Waals surface area contributed by atoms with E-state index < -0.39 is 0 Å². The van der Waals surface area contributed by atoms with Crippen molar-refractivity contribution in [2.45, 2.75) is 31.4 Å². The van der Waals surface area contributed by atoms with E-state index in [-0.39, 0.29) is 0 Å². The molecule has 0 bridgehead atoms. The van der Waals surface area contributed by atoms with Crippen LogP contribution in [0.25, 0.3) is 0 Å². The summed E-state index contributed by atoms with van der Waals surface area (Å²) in [5, 5.41) is 3.41. The minimum atomic E-state index is 0.552. The van der Waals surface area contributed by atoms with E-state index in [1.165, 1.54) is 45.4 Å². The van der Waals surface area contributed by atoms with E-state index in [1.54, 1.807) is 0 Å². The third-order valence-electron chi connectivity index (χ3n) is 4.39. The number of ether oxygens (including phenoxy) is 1. The minimum absolute atomic E-state index is 0.552. The van der Waals surface area contributed by atoms with Crippen molar-refractivity contribution in [3.05, 3.63) is 0 Å². The first-order valence-corrected chi connectivity index (χ1v) is 5.79. The molecule has 3 rings (SSSR count). The van der Waals surface area contributed by atoms with Crippen LogP contribution in [0.15, 0.2) is 0 Å². The quantitative estimate of drug-likeness (QED) is 0.694. The van der Waals surface area contributed by atoms with Gasteiger partial charge in [-0.3, -0.25) is 4.90 Å². The second-order valence-corrected chi connectivity index (χ2v) is 5.31. The molecule has 0 aromatic heterocycles. The Morgan fingerprint density at radius 3 is 2.64 bits per heavy atom. The van der Waals surface area contributed by atoms with Crippen molar-refractivity contribution < 1.29 is 4.74 Å². The Morgan fingerprint density at radius 2 is 2.14 bits per heavy atom. The molecule has 1 aliphatic carbocycles. The average Bonchev–Trinajstić information content (AvgIpc) is 2.46. The molecule has 1 spiro atoms. The molecular weight excluding hydrogens is 176 g/mol. The lowest BCUT2D eigenvalue weighted by Crippen LogP contribution is -2.56. The Labute approximate surface area is 85.8 Å². The zero-order valence-corrected chi connectivity index (χ0v) is 8.96. The first-order chi connectivity index (χ1) is 6.81. The molecule has 3 nitrogen and oxygen atoms in total. The van der Waals surface area contributed by atoms with Crippen molar-refractivity contribution in [3.8, 4) is 0 Å². The minimum Gasteiger partial charge on any atom is -0.381 e. The van der Waals surface area contributed by atoms with Crippen LogP contribution >= 0.6 is 0 Å². The van der Waals surface area contributed by atoms with E-state index in [0.29, 0.717) is 11.5 Å². The highest BCUT2D eigenvalue weighted by Gasteiger charge is 2.46. The van der Waals surface area contributed by atoms with E-state index in [2.05, 4.69) is 10.2 Å². The zero-order valence-electron chi connectivity index (χ0n) is 8.96. The van der Waals surface area contributed by atoms with Crippen LogP contribution in [0.4, 0.5) is 0 Å². The fourth-order valence-corrected chi connectivity index (χ4v) is 3.08. The predicted molar refractivity (Wildman–Crippen MR) is 55.3 cm³/mol. The van der Waals surface area contributed by atoms with Crippen molar-refractivity contribution >= 4 is 0 Å². The third-order valence-corrected chi connectivity index (χ3v) is 4.39. The number of nitrogens with zero attached hydrogens (tertiary/aromatic N) is 1. The molecule has 0 radical (unpaired) electrons. The molecule has 2 saturated heterocycles. The van der Waals surface area contributed by atoms with Crippen LogP contribution in [-0.2, 0) is 4.74 Å².